The smallest absolute Gasteiger partial charge is 0.271 e. The van der Waals surface area contributed by atoms with Crippen LogP contribution in [0.5, 0.6) is 0 Å². The van der Waals surface area contributed by atoms with Crippen LogP contribution in [0.1, 0.15) is 30.4 Å². The minimum absolute atomic E-state index is 0.0668. The summed E-state index contributed by atoms with van der Waals surface area (Å²) in [7, 11) is -3.72. The van der Waals surface area contributed by atoms with Crippen molar-refractivity contribution in [1.29, 1.82) is 0 Å². The monoisotopic (exact) mass is 457 g/mol. The summed E-state index contributed by atoms with van der Waals surface area (Å²) in [5.74, 6) is 0. The van der Waals surface area contributed by atoms with Crippen molar-refractivity contribution in [3.8, 4) is 0 Å². The van der Waals surface area contributed by atoms with Gasteiger partial charge in [-0.1, -0.05) is 0 Å². The van der Waals surface area contributed by atoms with E-state index in [0.717, 1.165) is 0 Å². The molecule has 0 spiro atoms. The molecule has 0 amide bonds. The molecule has 0 saturated carbocycles. The number of nitrogens with zero attached hydrogens (tertiary/aromatic N) is 4. The molecule has 0 radical (unpaired) electrons. The molecule has 12 heteroatoms. The second-order valence-corrected chi connectivity index (χ2v) is 8.18. The molecule has 2 aromatic heterocycles. The first kappa shape index (κ1) is 20.9. The molecule has 0 aromatic carbocycles. The fourth-order valence-electron chi connectivity index (χ4n) is 2.36. The molecule has 0 aliphatic rings. The van der Waals surface area contributed by atoms with Crippen LogP contribution in [0.25, 0.3) is 0 Å². The lowest BCUT2D eigenvalue weighted by Gasteiger charge is -2.07. The summed E-state index contributed by atoms with van der Waals surface area (Å²) >= 11 is 2.90. The van der Waals surface area contributed by atoms with E-state index in [1.54, 1.807) is 6.92 Å². The van der Waals surface area contributed by atoms with E-state index in [2.05, 4.69) is 30.8 Å². The third-order valence-electron chi connectivity index (χ3n) is 3.76. The van der Waals surface area contributed by atoms with Crippen LogP contribution in [0, 0.1) is 13.8 Å². The molecule has 7 nitrogen and oxygen atoms in total. The predicted molar refractivity (Wildman–Crippen MR) is 92.1 cm³/mol. The first-order chi connectivity index (χ1) is 12.0. The SMILES string of the molecule is CCn1cc(S(=O)(=O)NCCCn2nc(C(F)(F)F)c(Br)c2C)c(C)n1. The van der Waals surface area contributed by atoms with Crippen molar-refractivity contribution in [1.82, 2.24) is 24.3 Å². The van der Waals surface area contributed by atoms with Crippen molar-refractivity contribution in [3.63, 3.8) is 0 Å². The summed E-state index contributed by atoms with van der Waals surface area (Å²) in [4.78, 5) is 0.0942. The summed E-state index contributed by atoms with van der Waals surface area (Å²) in [6, 6.07) is 0. The normalized spacial score (nSPS) is 12.7. The molecule has 26 heavy (non-hydrogen) atoms. The zero-order valence-corrected chi connectivity index (χ0v) is 16.8. The molecule has 0 atom stereocenters. The lowest BCUT2D eigenvalue weighted by atomic mass is 10.3. The van der Waals surface area contributed by atoms with E-state index >= 15 is 0 Å². The van der Waals surface area contributed by atoms with Crippen LogP contribution in [-0.4, -0.2) is 34.5 Å². The van der Waals surface area contributed by atoms with Gasteiger partial charge in [0.25, 0.3) is 0 Å². The van der Waals surface area contributed by atoms with Gasteiger partial charge >= 0.3 is 6.18 Å². The number of aryl methyl sites for hydroxylation is 3. The van der Waals surface area contributed by atoms with E-state index in [4.69, 9.17) is 0 Å². The molecule has 146 valence electrons. The first-order valence-electron chi connectivity index (χ1n) is 7.81. The van der Waals surface area contributed by atoms with Gasteiger partial charge in [-0.25, -0.2) is 13.1 Å². The van der Waals surface area contributed by atoms with Crippen LogP contribution in [0.3, 0.4) is 0 Å². The largest absolute Gasteiger partial charge is 0.436 e. The molecule has 0 saturated heterocycles. The number of halogens is 4. The number of hydrogen-bond acceptors (Lipinski definition) is 4. The number of hydrogen-bond donors (Lipinski definition) is 1. The van der Waals surface area contributed by atoms with Crippen LogP contribution in [0.4, 0.5) is 13.2 Å². The van der Waals surface area contributed by atoms with Crippen molar-refractivity contribution in [3.05, 3.63) is 27.8 Å². The predicted octanol–water partition coefficient (Wildman–Crippen LogP) is 2.87. The Kier molecular flexibility index (Phi) is 6.18. The zero-order chi connectivity index (χ0) is 19.7. The topological polar surface area (TPSA) is 81.8 Å². The van der Waals surface area contributed by atoms with Gasteiger partial charge in [-0.05, 0) is 43.1 Å². The molecule has 2 heterocycles. The third-order valence-corrected chi connectivity index (χ3v) is 6.27. The van der Waals surface area contributed by atoms with E-state index in [0.29, 0.717) is 17.9 Å². The Bertz CT molecular complexity index is 889. The van der Waals surface area contributed by atoms with E-state index in [9.17, 15) is 21.6 Å². The van der Waals surface area contributed by atoms with Crippen molar-refractivity contribution >= 4 is 26.0 Å². The Morgan fingerprint density at radius 2 is 1.92 bits per heavy atom. The van der Waals surface area contributed by atoms with Gasteiger partial charge in [-0.15, -0.1) is 0 Å². The second kappa shape index (κ2) is 7.69. The lowest BCUT2D eigenvalue weighted by molar-refractivity contribution is -0.142. The highest BCUT2D eigenvalue weighted by Gasteiger charge is 2.37. The van der Waals surface area contributed by atoms with Crippen LogP contribution in [0.2, 0.25) is 0 Å². The fourth-order valence-corrected chi connectivity index (χ4v) is 4.13. The molecule has 1 N–H and O–H groups in total. The van der Waals surface area contributed by atoms with Crippen LogP contribution in [-0.2, 0) is 29.3 Å². The van der Waals surface area contributed by atoms with Crippen molar-refractivity contribution < 1.29 is 21.6 Å². The Labute approximate surface area is 157 Å². The molecule has 2 rings (SSSR count). The van der Waals surface area contributed by atoms with Gasteiger partial charge < -0.3 is 0 Å². The number of nitrogens with one attached hydrogen (secondary N) is 1. The Balaban J connectivity index is 1.99. The summed E-state index contributed by atoms with van der Waals surface area (Å²) in [6.07, 6.45) is -2.82. The highest BCUT2D eigenvalue weighted by atomic mass is 79.9. The van der Waals surface area contributed by atoms with Gasteiger partial charge in [0, 0.05) is 25.8 Å². The molecule has 0 bridgehead atoms. The quantitative estimate of drug-likeness (QED) is 0.648. The zero-order valence-electron chi connectivity index (χ0n) is 14.4. The van der Waals surface area contributed by atoms with Crippen molar-refractivity contribution in [2.24, 2.45) is 0 Å². The average molecular weight is 458 g/mol. The van der Waals surface area contributed by atoms with Gasteiger partial charge in [-0.2, -0.15) is 23.4 Å². The van der Waals surface area contributed by atoms with Crippen LogP contribution in [0.15, 0.2) is 15.6 Å². The van der Waals surface area contributed by atoms with E-state index in [1.807, 2.05) is 6.92 Å². The van der Waals surface area contributed by atoms with Gasteiger partial charge in [0.2, 0.25) is 10.0 Å². The minimum Gasteiger partial charge on any atom is -0.271 e. The summed E-state index contributed by atoms with van der Waals surface area (Å²) < 4.78 is 68.2. The number of alkyl halides is 3. The number of aromatic nitrogens is 4. The maximum Gasteiger partial charge on any atom is 0.436 e. The maximum atomic E-state index is 12.8. The average Bonchev–Trinajstić information content (AvgIpc) is 3.06. The molecule has 2 aromatic rings. The molecular weight excluding hydrogens is 439 g/mol. The third kappa shape index (κ3) is 4.46. The molecule has 0 aliphatic heterocycles. The second-order valence-electron chi connectivity index (χ2n) is 5.65. The summed E-state index contributed by atoms with van der Waals surface area (Å²) in [5.41, 5.74) is -0.264. The van der Waals surface area contributed by atoms with E-state index in [1.165, 1.54) is 22.5 Å². The Morgan fingerprint density at radius 1 is 1.27 bits per heavy atom. The standard InChI is InChI=1S/C14H19BrF3N5O2S/c1-4-22-8-11(9(2)20-22)26(24,25)19-6-5-7-23-10(3)12(15)13(21-23)14(16,17)18/h8,19H,4-7H2,1-3H3. The highest BCUT2D eigenvalue weighted by molar-refractivity contribution is 9.10. The lowest BCUT2D eigenvalue weighted by Crippen LogP contribution is -2.26. The van der Waals surface area contributed by atoms with Gasteiger partial charge in [0.15, 0.2) is 5.69 Å². The van der Waals surface area contributed by atoms with Gasteiger partial charge in [0.1, 0.15) is 4.90 Å². The maximum absolute atomic E-state index is 12.8. The van der Waals surface area contributed by atoms with E-state index in [-0.39, 0.29) is 28.9 Å². The van der Waals surface area contributed by atoms with Crippen molar-refractivity contribution in [2.75, 3.05) is 6.54 Å². The molecule has 0 aliphatic carbocycles. The fraction of sp³-hybridized carbons (Fsp3) is 0.571. The van der Waals surface area contributed by atoms with E-state index < -0.39 is 21.9 Å². The molecular formula is C14H19BrF3N5O2S. The Morgan fingerprint density at radius 3 is 2.42 bits per heavy atom. The number of rotatable bonds is 7. The summed E-state index contributed by atoms with van der Waals surface area (Å²) in [6.45, 7) is 5.72. The Hall–Kier alpha value is -1.40. The molecule has 0 unspecified atom stereocenters. The summed E-state index contributed by atoms with van der Waals surface area (Å²) in [5, 5.41) is 7.65. The minimum atomic E-state index is -4.55. The van der Waals surface area contributed by atoms with Crippen LogP contribution >= 0.6 is 15.9 Å². The first-order valence-corrected chi connectivity index (χ1v) is 10.1. The van der Waals surface area contributed by atoms with Crippen LogP contribution < -0.4 is 4.72 Å². The molecule has 0 fully saturated rings. The van der Waals surface area contributed by atoms with Gasteiger partial charge in [-0.3, -0.25) is 9.36 Å². The number of sulfonamides is 1. The van der Waals surface area contributed by atoms with Gasteiger partial charge in [0.05, 0.1) is 15.9 Å². The highest BCUT2D eigenvalue weighted by Crippen LogP contribution is 2.35. The van der Waals surface area contributed by atoms with Crippen molar-refractivity contribution in [2.45, 2.75) is 51.4 Å².